The van der Waals surface area contributed by atoms with Gasteiger partial charge in [0.15, 0.2) is 0 Å². The minimum atomic E-state index is 0.525. The maximum atomic E-state index is 5.68. The minimum Gasteiger partial charge on any atom is -0.326 e. The maximum absolute atomic E-state index is 5.68. The molecule has 0 bridgehead atoms. The summed E-state index contributed by atoms with van der Waals surface area (Å²) in [5.41, 5.74) is 10.3. The smallest absolute Gasteiger partial charge is 0.0723 e. The van der Waals surface area contributed by atoms with Crippen LogP contribution in [0.2, 0.25) is 0 Å². The van der Waals surface area contributed by atoms with Gasteiger partial charge in [-0.25, -0.2) is 0 Å². The number of hydrogen-bond acceptors (Lipinski definition) is 2. The summed E-state index contributed by atoms with van der Waals surface area (Å²) in [6, 6.07) is 8.41. The van der Waals surface area contributed by atoms with Crippen LogP contribution in [0.5, 0.6) is 0 Å². The highest BCUT2D eigenvalue weighted by atomic mass is 15.3. The number of hydrogen-bond donors (Lipinski definition) is 1. The zero-order chi connectivity index (χ0) is 10.8. The number of aryl methyl sites for hydroxylation is 2. The van der Waals surface area contributed by atoms with E-state index in [1.54, 1.807) is 0 Å². The molecule has 15 heavy (non-hydrogen) atoms. The third-order valence-corrected chi connectivity index (χ3v) is 2.56. The quantitative estimate of drug-likeness (QED) is 0.806. The van der Waals surface area contributed by atoms with Crippen LogP contribution in [-0.2, 0) is 13.6 Å². The van der Waals surface area contributed by atoms with Gasteiger partial charge < -0.3 is 5.73 Å². The average Bonchev–Trinajstić information content (AvgIpc) is 2.61. The SMILES string of the molecule is Cc1ccc(-c2c(CN)cnn2C)cc1. The molecule has 0 amide bonds. The molecule has 0 aliphatic heterocycles. The molecule has 0 unspecified atom stereocenters. The van der Waals surface area contributed by atoms with Crippen LogP contribution in [0.1, 0.15) is 11.1 Å². The molecular formula is C12H15N3. The predicted octanol–water partition coefficient (Wildman–Crippen LogP) is 1.85. The van der Waals surface area contributed by atoms with Crippen molar-refractivity contribution < 1.29 is 0 Å². The van der Waals surface area contributed by atoms with Crippen LogP contribution in [-0.4, -0.2) is 9.78 Å². The molecule has 1 heterocycles. The summed E-state index contributed by atoms with van der Waals surface area (Å²) in [4.78, 5) is 0. The average molecular weight is 201 g/mol. The van der Waals surface area contributed by atoms with Crippen molar-refractivity contribution in [2.45, 2.75) is 13.5 Å². The van der Waals surface area contributed by atoms with Crippen molar-refractivity contribution in [2.75, 3.05) is 0 Å². The summed E-state index contributed by atoms with van der Waals surface area (Å²) < 4.78 is 1.87. The number of rotatable bonds is 2. The van der Waals surface area contributed by atoms with Crippen LogP contribution in [0.25, 0.3) is 11.3 Å². The summed E-state index contributed by atoms with van der Waals surface area (Å²) in [7, 11) is 1.94. The molecule has 0 spiro atoms. The lowest BCUT2D eigenvalue weighted by Gasteiger charge is -2.05. The summed E-state index contributed by atoms with van der Waals surface area (Å²) in [6.45, 7) is 2.61. The lowest BCUT2D eigenvalue weighted by molar-refractivity contribution is 0.775. The van der Waals surface area contributed by atoms with E-state index in [4.69, 9.17) is 5.73 Å². The summed E-state index contributed by atoms with van der Waals surface area (Å²) in [5, 5.41) is 4.22. The van der Waals surface area contributed by atoms with Crippen LogP contribution in [0.4, 0.5) is 0 Å². The number of benzene rings is 1. The van der Waals surface area contributed by atoms with Crippen molar-refractivity contribution >= 4 is 0 Å². The maximum Gasteiger partial charge on any atom is 0.0723 e. The molecule has 2 N–H and O–H groups in total. The second-order valence-electron chi connectivity index (χ2n) is 3.71. The van der Waals surface area contributed by atoms with E-state index in [-0.39, 0.29) is 0 Å². The highest BCUT2D eigenvalue weighted by Crippen LogP contribution is 2.22. The van der Waals surface area contributed by atoms with Gasteiger partial charge in [-0.05, 0) is 6.92 Å². The van der Waals surface area contributed by atoms with Gasteiger partial charge >= 0.3 is 0 Å². The minimum absolute atomic E-state index is 0.525. The van der Waals surface area contributed by atoms with E-state index < -0.39 is 0 Å². The van der Waals surface area contributed by atoms with Gasteiger partial charge in [-0.3, -0.25) is 4.68 Å². The predicted molar refractivity (Wildman–Crippen MR) is 61.3 cm³/mol. The summed E-state index contributed by atoms with van der Waals surface area (Å²) >= 11 is 0. The van der Waals surface area contributed by atoms with Crippen LogP contribution in [0.15, 0.2) is 30.5 Å². The van der Waals surface area contributed by atoms with Gasteiger partial charge in [-0.1, -0.05) is 29.8 Å². The van der Waals surface area contributed by atoms with E-state index in [1.807, 2.05) is 17.9 Å². The first-order chi connectivity index (χ1) is 7.22. The second-order valence-corrected chi connectivity index (χ2v) is 3.71. The third-order valence-electron chi connectivity index (χ3n) is 2.56. The molecule has 0 fully saturated rings. The topological polar surface area (TPSA) is 43.8 Å². The number of nitrogens with zero attached hydrogens (tertiary/aromatic N) is 2. The Bertz CT molecular complexity index is 454. The molecule has 2 rings (SSSR count). The van der Waals surface area contributed by atoms with Gasteiger partial charge in [0.05, 0.1) is 11.9 Å². The van der Waals surface area contributed by atoms with E-state index in [0.29, 0.717) is 6.54 Å². The monoisotopic (exact) mass is 201 g/mol. The van der Waals surface area contributed by atoms with E-state index in [2.05, 4.69) is 36.3 Å². The Morgan fingerprint density at radius 2 is 1.93 bits per heavy atom. The lowest BCUT2D eigenvalue weighted by Crippen LogP contribution is -2.00. The normalized spacial score (nSPS) is 10.6. The molecule has 0 radical (unpaired) electrons. The molecule has 0 saturated heterocycles. The van der Waals surface area contributed by atoms with Crippen molar-refractivity contribution in [1.82, 2.24) is 9.78 Å². The van der Waals surface area contributed by atoms with Crippen molar-refractivity contribution in [2.24, 2.45) is 12.8 Å². The van der Waals surface area contributed by atoms with Gasteiger partial charge in [0.2, 0.25) is 0 Å². The molecule has 3 heteroatoms. The molecule has 3 nitrogen and oxygen atoms in total. The molecule has 2 aromatic rings. The summed E-state index contributed by atoms with van der Waals surface area (Å²) in [5.74, 6) is 0. The molecular weight excluding hydrogens is 186 g/mol. The van der Waals surface area contributed by atoms with E-state index in [9.17, 15) is 0 Å². The Balaban J connectivity index is 2.52. The van der Waals surface area contributed by atoms with Crippen LogP contribution in [0, 0.1) is 6.92 Å². The summed E-state index contributed by atoms with van der Waals surface area (Å²) in [6.07, 6.45) is 1.83. The largest absolute Gasteiger partial charge is 0.326 e. The Kier molecular flexibility index (Phi) is 2.56. The Hall–Kier alpha value is -1.61. The van der Waals surface area contributed by atoms with Gasteiger partial charge in [-0.2, -0.15) is 5.10 Å². The van der Waals surface area contributed by atoms with Crippen LogP contribution >= 0.6 is 0 Å². The third kappa shape index (κ3) is 1.78. The molecule has 0 aliphatic carbocycles. The molecule has 0 atom stereocenters. The first-order valence-corrected chi connectivity index (χ1v) is 5.00. The molecule has 1 aromatic heterocycles. The van der Waals surface area contributed by atoms with Crippen molar-refractivity contribution in [1.29, 1.82) is 0 Å². The van der Waals surface area contributed by atoms with Gasteiger partial charge in [0, 0.05) is 24.7 Å². The fraction of sp³-hybridized carbons (Fsp3) is 0.250. The van der Waals surface area contributed by atoms with Gasteiger partial charge in [0.25, 0.3) is 0 Å². The standard InChI is InChI=1S/C12H15N3/c1-9-3-5-10(6-4-9)12-11(7-13)8-14-15(12)2/h3-6,8H,7,13H2,1-2H3. The fourth-order valence-electron chi connectivity index (χ4n) is 1.72. The molecule has 0 saturated carbocycles. The molecule has 1 aromatic carbocycles. The lowest BCUT2D eigenvalue weighted by atomic mass is 10.1. The zero-order valence-corrected chi connectivity index (χ0v) is 9.07. The highest BCUT2D eigenvalue weighted by Gasteiger charge is 2.08. The van der Waals surface area contributed by atoms with E-state index >= 15 is 0 Å². The Morgan fingerprint density at radius 3 is 2.53 bits per heavy atom. The molecule has 78 valence electrons. The van der Waals surface area contributed by atoms with Crippen molar-refractivity contribution in [3.05, 3.63) is 41.6 Å². The zero-order valence-electron chi connectivity index (χ0n) is 9.07. The first-order valence-electron chi connectivity index (χ1n) is 5.00. The van der Waals surface area contributed by atoms with E-state index in [1.165, 1.54) is 11.1 Å². The Morgan fingerprint density at radius 1 is 1.27 bits per heavy atom. The molecule has 0 aliphatic rings. The van der Waals surface area contributed by atoms with Crippen LogP contribution < -0.4 is 5.73 Å². The highest BCUT2D eigenvalue weighted by molar-refractivity contribution is 5.63. The fourth-order valence-corrected chi connectivity index (χ4v) is 1.72. The number of aromatic nitrogens is 2. The van der Waals surface area contributed by atoms with Gasteiger partial charge in [0.1, 0.15) is 0 Å². The Labute approximate surface area is 89.5 Å². The second kappa shape index (κ2) is 3.87. The van der Waals surface area contributed by atoms with E-state index in [0.717, 1.165) is 11.3 Å². The number of nitrogens with two attached hydrogens (primary N) is 1. The van der Waals surface area contributed by atoms with Crippen molar-refractivity contribution in [3.8, 4) is 11.3 Å². The van der Waals surface area contributed by atoms with Crippen molar-refractivity contribution in [3.63, 3.8) is 0 Å². The van der Waals surface area contributed by atoms with Gasteiger partial charge in [-0.15, -0.1) is 0 Å². The van der Waals surface area contributed by atoms with Crippen LogP contribution in [0.3, 0.4) is 0 Å². The first kappa shape index (κ1) is 9.93.